The number of aliphatic carboxylic acids is 2. The van der Waals surface area contributed by atoms with Crippen LogP contribution in [0, 0.1) is 6.92 Å². The molecule has 2 N–H and O–H groups in total. The van der Waals surface area contributed by atoms with Crippen molar-refractivity contribution in [1.29, 1.82) is 0 Å². The van der Waals surface area contributed by atoms with Crippen LogP contribution in [0.2, 0.25) is 0 Å². The molecule has 0 bridgehead atoms. The quantitative estimate of drug-likeness (QED) is 0.646. The SMILES string of the molecule is COc1ccccc1N1CCN(C2CCN(Cc3cccc(C)c3)CC2)CC1.O=C(O)C(=O)O. The fourth-order valence-electron chi connectivity index (χ4n) is 4.73. The van der Waals surface area contributed by atoms with Crippen LogP contribution in [0.1, 0.15) is 24.0 Å². The van der Waals surface area contributed by atoms with Crippen LogP contribution in [0.5, 0.6) is 5.75 Å². The van der Waals surface area contributed by atoms with Crippen LogP contribution in [0.15, 0.2) is 48.5 Å². The molecule has 2 fully saturated rings. The summed E-state index contributed by atoms with van der Waals surface area (Å²) in [7, 11) is 1.76. The maximum Gasteiger partial charge on any atom is 0.414 e. The van der Waals surface area contributed by atoms with Gasteiger partial charge in [0.2, 0.25) is 0 Å². The maximum atomic E-state index is 9.10. The molecule has 0 aliphatic carbocycles. The van der Waals surface area contributed by atoms with Crippen molar-refractivity contribution in [3.05, 3.63) is 59.7 Å². The highest BCUT2D eigenvalue weighted by Crippen LogP contribution is 2.29. The molecule has 184 valence electrons. The first-order valence-corrected chi connectivity index (χ1v) is 11.7. The number of piperazine rings is 1. The molecule has 0 atom stereocenters. The van der Waals surface area contributed by atoms with E-state index in [1.54, 1.807) is 7.11 Å². The molecule has 4 rings (SSSR count). The highest BCUT2D eigenvalue weighted by molar-refractivity contribution is 6.27. The van der Waals surface area contributed by atoms with Gasteiger partial charge in [-0.3, -0.25) is 9.80 Å². The second-order valence-electron chi connectivity index (χ2n) is 8.80. The summed E-state index contributed by atoms with van der Waals surface area (Å²) in [5.74, 6) is -2.66. The number of para-hydroxylation sites is 2. The number of benzene rings is 2. The summed E-state index contributed by atoms with van der Waals surface area (Å²) in [6, 6.07) is 18.1. The average Bonchev–Trinajstić information content (AvgIpc) is 2.85. The Morgan fingerprint density at radius 2 is 1.56 bits per heavy atom. The molecule has 8 heteroatoms. The second-order valence-corrected chi connectivity index (χ2v) is 8.80. The number of hydrogen-bond donors (Lipinski definition) is 2. The lowest BCUT2D eigenvalue weighted by Crippen LogP contribution is -2.53. The summed E-state index contributed by atoms with van der Waals surface area (Å²) in [4.78, 5) is 26.0. The minimum Gasteiger partial charge on any atom is -0.495 e. The van der Waals surface area contributed by atoms with Crippen LogP contribution in [-0.2, 0) is 16.1 Å². The van der Waals surface area contributed by atoms with Gasteiger partial charge >= 0.3 is 11.9 Å². The Morgan fingerprint density at radius 1 is 0.912 bits per heavy atom. The Morgan fingerprint density at radius 3 is 2.15 bits per heavy atom. The number of carbonyl (C=O) groups is 2. The number of rotatable bonds is 5. The number of carboxylic acids is 2. The molecule has 2 heterocycles. The Hall–Kier alpha value is -3.10. The Bertz CT molecular complexity index is 939. The Kier molecular flexibility index (Phi) is 9.30. The number of carboxylic acid groups (broad SMARTS) is 2. The second kappa shape index (κ2) is 12.4. The van der Waals surface area contributed by atoms with Gasteiger partial charge in [0.05, 0.1) is 12.8 Å². The lowest BCUT2D eigenvalue weighted by Gasteiger charge is -2.43. The molecule has 0 aromatic heterocycles. The molecule has 2 aromatic rings. The number of ether oxygens (including phenoxy) is 1. The standard InChI is InChI=1S/C24H33N3O.C2H2O4/c1-20-6-5-7-21(18-20)19-25-12-10-22(11-13-25)26-14-16-27(17-15-26)23-8-3-4-9-24(23)28-2;3-1(4)2(5)6/h3-9,18,22H,10-17,19H2,1-2H3;(H,3,4)(H,5,6). The highest BCUT2D eigenvalue weighted by atomic mass is 16.5. The van der Waals surface area contributed by atoms with Crippen molar-refractivity contribution in [2.75, 3.05) is 51.3 Å². The first-order chi connectivity index (χ1) is 16.4. The molecule has 2 aromatic carbocycles. The van der Waals surface area contributed by atoms with Crippen LogP contribution < -0.4 is 9.64 Å². The van der Waals surface area contributed by atoms with Crippen molar-refractivity contribution >= 4 is 17.6 Å². The fraction of sp³-hybridized carbons (Fsp3) is 0.462. The minimum absolute atomic E-state index is 0.744. The van der Waals surface area contributed by atoms with E-state index in [1.165, 1.54) is 42.7 Å². The van der Waals surface area contributed by atoms with Gasteiger partial charge in [0.1, 0.15) is 5.75 Å². The molecular weight excluding hydrogens is 434 g/mol. The van der Waals surface area contributed by atoms with Crippen LogP contribution in [-0.4, -0.2) is 84.4 Å². The van der Waals surface area contributed by atoms with Crippen LogP contribution in [0.25, 0.3) is 0 Å². The van der Waals surface area contributed by atoms with E-state index in [1.807, 2.05) is 6.07 Å². The average molecular weight is 470 g/mol. The van der Waals surface area contributed by atoms with E-state index in [0.717, 1.165) is 44.5 Å². The van der Waals surface area contributed by atoms with Crippen molar-refractivity contribution in [3.8, 4) is 5.75 Å². The van der Waals surface area contributed by atoms with E-state index in [9.17, 15) is 0 Å². The molecule has 2 aliphatic rings. The van der Waals surface area contributed by atoms with Crippen molar-refractivity contribution < 1.29 is 24.5 Å². The topological polar surface area (TPSA) is 93.5 Å². The number of anilines is 1. The fourth-order valence-corrected chi connectivity index (χ4v) is 4.73. The molecule has 0 amide bonds. The van der Waals surface area contributed by atoms with Gasteiger partial charge in [-0.05, 0) is 50.6 Å². The predicted molar refractivity (Wildman–Crippen MR) is 132 cm³/mol. The number of likely N-dealkylation sites (tertiary alicyclic amines) is 1. The molecule has 0 unspecified atom stereocenters. The van der Waals surface area contributed by atoms with Crippen molar-refractivity contribution in [2.24, 2.45) is 0 Å². The molecule has 34 heavy (non-hydrogen) atoms. The third-order valence-electron chi connectivity index (χ3n) is 6.49. The molecule has 0 spiro atoms. The van der Waals surface area contributed by atoms with Gasteiger partial charge in [0.15, 0.2) is 0 Å². The van der Waals surface area contributed by atoms with Gasteiger partial charge in [-0.1, -0.05) is 42.0 Å². The van der Waals surface area contributed by atoms with E-state index in [4.69, 9.17) is 24.5 Å². The number of aryl methyl sites for hydroxylation is 1. The van der Waals surface area contributed by atoms with E-state index in [0.29, 0.717) is 0 Å². The number of piperidine rings is 1. The van der Waals surface area contributed by atoms with Crippen molar-refractivity contribution in [1.82, 2.24) is 9.80 Å². The van der Waals surface area contributed by atoms with E-state index < -0.39 is 11.9 Å². The van der Waals surface area contributed by atoms with Crippen LogP contribution in [0.4, 0.5) is 5.69 Å². The smallest absolute Gasteiger partial charge is 0.414 e. The molecule has 2 aliphatic heterocycles. The zero-order chi connectivity index (χ0) is 24.5. The van der Waals surface area contributed by atoms with Crippen LogP contribution >= 0.6 is 0 Å². The number of nitrogens with zero attached hydrogens (tertiary/aromatic N) is 3. The van der Waals surface area contributed by atoms with E-state index in [-0.39, 0.29) is 0 Å². The lowest BCUT2D eigenvalue weighted by molar-refractivity contribution is -0.159. The summed E-state index contributed by atoms with van der Waals surface area (Å²) in [5.41, 5.74) is 4.04. The molecule has 2 saturated heterocycles. The molecule has 8 nitrogen and oxygen atoms in total. The summed E-state index contributed by atoms with van der Waals surface area (Å²) >= 11 is 0. The third-order valence-corrected chi connectivity index (χ3v) is 6.49. The summed E-state index contributed by atoms with van der Waals surface area (Å²) in [5, 5.41) is 14.8. The largest absolute Gasteiger partial charge is 0.495 e. The molecule has 0 saturated carbocycles. The van der Waals surface area contributed by atoms with Gasteiger partial charge < -0.3 is 19.8 Å². The molecule has 0 radical (unpaired) electrons. The summed E-state index contributed by atoms with van der Waals surface area (Å²) < 4.78 is 5.55. The molecular formula is C26H35N3O5. The Labute approximate surface area is 201 Å². The van der Waals surface area contributed by atoms with Crippen LogP contribution in [0.3, 0.4) is 0 Å². The third kappa shape index (κ3) is 7.20. The highest BCUT2D eigenvalue weighted by Gasteiger charge is 2.28. The first kappa shape index (κ1) is 25.5. The number of hydrogen-bond acceptors (Lipinski definition) is 6. The van der Waals surface area contributed by atoms with Gasteiger partial charge in [-0.25, -0.2) is 9.59 Å². The van der Waals surface area contributed by atoms with Gasteiger partial charge in [0.25, 0.3) is 0 Å². The van der Waals surface area contributed by atoms with Gasteiger partial charge in [-0.15, -0.1) is 0 Å². The monoisotopic (exact) mass is 469 g/mol. The zero-order valence-electron chi connectivity index (χ0n) is 20.0. The summed E-state index contributed by atoms with van der Waals surface area (Å²) in [6.07, 6.45) is 2.58. The van der Waals surface area contributed by atoms with E-state index in [2.05, 4.69) is 64.1 Å². The minimum atomic E-state index is -1.82. The first-order valence-electron chi connectivity index (χ1n) is 11.7. The Balaban J connectivity index is 0.000000481. The number of methoxy groups -OCH3 is 1. The van der Waals surface area contributed by atoms with Crippen molar-refractivity contribution in [2.45, 2.75) is 32.4 Å². The van der Waals surface area contributed by atoms with Gasteiger partial charge in [0, 0.05) is 38.8 Å². The van der Waals surface area contributed by atoms with Crippen molar-refractivity contribution in [3.63, 3.8) is 0 Å². The normalized spacial score (nSPS) is 17.5. The summed E-state index contributed by atoms with van der Waals surface area (Å²) in [6.45, 7) is 10.2. The van der Waals surface area contributed by atoms with Gasteiger partial charge in [-0.2, -0.15) is 0 Å². The zero-order valence-corrected chi connectivity index (χ0v) is 20.0. The predicted octanol–water partition coefficient (Wildman–Crippen LogP) is 2.95. The van der Waals surface area contributed by atoms with E-state index >= 15 is 0 Å². The lowest BCUT2D eigenvalue weighted by atomic mass is 10.0. The maximum absolute atomic E-state index is 9.10.